The monoisotopic (exact) mass is 514 g/mol. The number of aliphatic hydroxyl groups excluding tert-OH is 3. The molecule has 168 valence electrons. The summed E-state index contributed by atoms with van der Waals surface area (Å²) in [6.45, 7) is 1.00. The molecule has 10 heteroatoms. The highest BCUT2D eigenvalue weighted by Gasteiger charge is 2.48. The van der Waals surface area contributed by atoms with Crippen LogP contribution in [-0.2, 0) is 21.0 Å². The highest BCUT2D eigenvalue weighted by atomic mass is 79.9. The van der Waals surface area contributed by atoms with Crippen molar-refractivity contribution in [3.8, 4) is 11.5 Å². The maximum atomic E-state index is 12.0. The smallest absolute Gasteiger partial charge is 0.187 e. The van der Waals surface area contributed by atoms with E-state index in [2.05, 4.69) is 15.9 Å². The van der Waals surface area contributed by atoms with Crippen molar-refractivity contribution in [2.75, 3.05) is 19.5 Å². The van der Waals surface area contributed by atoms with E-state index in [0.717, 1.165) is 21.9 Å². The van der Waals surface area contributed by atoms with Crippen molar-refractivity contribution >= 4 is 25.8 Å². The Morgan fingerprint density at radius 2 is 1.68 bits per heavy atom. The molecule has 2 heterocycles. The van der Waals surface area contributed by atoms with Crippen molar-refractivity contribution < 1.29 is 37.9 Å². The van der Waals surface area contributed by atoms with Gasteiger partial charge in [0, 0.05) is 10.7 Å². The van der Waals surface area contributed by atoms with Crippen LogP contribution in [0.25, 0.3) is 0 Å². The van der Waals surface area contributed by atoms with Crippen molar-refractivity contribution in [1.29, 1.82) is 0 Å². The largest absolute Gasteiger partial charge is 0.486 e. The Kier molecular flexibility index (Phi) is 6.30. The lowest BCUT2D eigenvalue weighted by atomic mass is 9.92. The molecule has 3 N–H and O–H groups in total. The first-order valence-electron chi connectivity index (χ1n) is 9.70. The molecule has 0 amide bonds. The zero-order valence-electron chi connectivity index (χ0n) is 16.6. The van der Waals surface area contributed by atoms with E-state index in [-0.39, 0.29) is 0 Å². The summed E-state index contributed by atoms with van der Waals surface area (Å²) in [7, 11) is -3.83. The molecule has 0 bridgehead atoms. The van der Waals surface area contributed by atoms with Crippen molar-refractivity contribution in [3.05, 3.63) is 57.6 Å². The lowest BCUT2D eigenvalue weighted by Gasteiger charge is -2.40. The molecule has 2 aliphatic heterocycles. The molecule has 8 nitrogen and oxygen atoms in total. The van der Waals surface area contributed by atoms with Gasteiger partial charge in [0.1, 0.15) is 37.6 Å². The van der Waals surface area contributed by atoms with Crippen molar-refractivity contribution in [2.45, 2.75) is 36.3 Å². The SMILES string of the molecule is CS(=O)(=O)[C@H]1O[C@@H](c2ccc(Br)c(Cc3ccc4c(c3)OCCO4)c2)[C@H](O)[C@@H](O)[C@@H]1O. The second kappa shape index (κ2) is 8.68. The van der Waals surface area contributed by atoms with Gasteiger partial charge in [-0.15, -0.1) is 0 Å². The standard InChI is InChI=1S/C21H23BrO8S/c1-31(26,27)21-19(25)17(23)18(24)20(30-21)12-3-4-14(22)13(10-12)8-11-2-5-15-16(9-11)29-7-6-28-15/h2-5,9-10,17-21,23-25H,6-8H2,1H3/t17-,18-,19+,20+,21-/m1/s1. The normalized spacial score (nSPS) is 28.4. The van der Waals surface area contributed by atoms with Gasteiger partial charge in [-0.1, -0.05) is 34.1 Å². The van der Waals surface area contributed by atoms with Gasteiger partial charge in [0.15, 0.2) is 26.8 Å². The van der Waals surface area contributed by atoms with Gasteiger partial charge < -0.3 is 29.5 Å². The minimum Gasteiger partial charge on any atom is -0.486 e. The van der Waals surface area contributed by atoms with E-state index in [4.69, 9.17) is 14.2 Å². The average Bonchev–Trinajstić information content (AvgIpc) is 2.73. The number of benzene rings is 2. The Bertz CT molecular complexity index is 1070. The van der Waals surface area contributed by atoms with Gasteiger partial charge >= 0.3 is 0 Å². The van der Waals surface area contributed by atoms with Crippen molar-refractivity contribution in [3.63, 3.8) is 0 Å². The van der Waals surface area contributed by atoms with Crippen LogP contribution in [0.15, 0.2) is 40.9 Å². The summed E-state index contributed by atoms with van der Waals surface area (Å²) in [6.07, 6.45) is -4.58. The first-order chi connectivity index (χ1) is 14.6. The fourth-order valence-corrected chi connectivity index (χ4v) is 5.18. The molecule has 1 saturated heterocycles. The predicted octanol–water partition coefficient (Wildman–Crippen LogP) is 1.34. The van der Waals surface area contributed by atoms with Crippen LogP contribution in [0.4, 0.5) is 0 Å². The molecule has 2 aliphatic rings. The first-order valence-corrected chi connectivity index (χ1v) is 12.5. The summed E-state index contributed by atoms with van der Waals surface area (Å²) in [5, 5.41) is 30.7. The van der Waals surface area contributed by atoms with E-state index in [9.17, 15) is 23.7 Å². The molecule has 2 aromatic rings. The van der Waals surface area contributed by atoms with Crippen LogP contribution in [0.5, 0.6) is 11.5 Å². The van der Waals surface area contributed by atoms with E-state index in [1.807, 2.05) is 18.2 Å². The summed E-state index contributed by atoms with van der Waals surface area (Å²) in [5.74, 6) is 1.37. The maximum absolute atomic E-state index is 12.0. The molecular weight excluding hydrogens is 492 g/mol. The van der Waals surface area contributed by atoms with Crippen LogP contribution in [0, 0.1) is 0 Å². The van der Waals surface area contributed by atoms with Gasteiger partial charge in [-0.2, -0.15) is 0 Å². The number of rotatable bonds is 4. The van der Waals surface area contributed by atoms with Gasteiger partial charge in [-0.25, -0.2) is 8.42 Å². The van der Waals surface area contributed by atoms with Crippen LogP contribution in [0.2, 0.25) is 0 Å². The van der Waals surface area contributed by atoms with Crippen LogP contribution < -0.4 is 9.47 Å². The van der Waals surface area contributed by atoms with Crippen molar-refractivity contribution in [2.24, 2.45) is 0 Å². The van der Waals surface area contributed by atoms with E-state index in [1.165, 1.54) is 0 Å². The molecule has 31 heavy (non-hydrogen) atoms. The molecule has 0 aliphatic carbocycles. The number of hydrogen-bond donors (Lipinski definition) is 3. The van der Waals surface area contributed by atoms with Gasteiger partial charge in [0.25, 0.3) is 0 Å². The Balaban J connectivity index is 1.63. The van der Waals surface area contributed by atoms with Gasteiger partial charge in [-0.3, -0.25) is 0 Å². The van der Waals surface area contributed by atoms with Crippen LogP contribution in [0.3, 0.4) is 0 Å². The number of hydrogen-bond acceptors (Lipinski definition) is 8. The maximum Gasteiger partial charge on any atom is 0.187 e. The molecule has 0 radical (unpaired) electrons. The second-order valence-corrected chi connectivity index (χ2v) is 10.7. The Morgan fingerprint density at radius 3 is 2.39 bits per heavy atom. The Morgan fingerprint density at radius 1 is 0.968 bits per heavy atom. The van der Waals surface area contributed by atoms with Crippen molar-refractivity contribution in [1.82, 2.24) is 0 Å². The molecule has 1 fully saturated rings. The van der Waals surface area contributed by atoms with E-state index in [1.54, 1.807) is 18.2 Å². The molecule has 0 spiro atoms. The van der Waals surface area contributed by atoms with Crippen LogP contribution in [-0.4, -0.2) is 67.0 Å². The molecule has 0 aromatic heterocycles. The lowest BCUT2D eigenvalue weighted by Crippen LogP contribution is -2.56. The summed E-state index contributed by atoms with van der Waals surface area (Å²) in [4.78, 5) is 0. The third-order valence-electron chi connectivity index (χ3n) is 5.39. The molecule has 2 aromatic carbocycles. The molecule has 4 rings (SSSR count). The van der Waals surface area contributed by atoms with Crippen LogP contribution >= 0.6 is 15.9 Å². The van der Waals surface area contributed by atoms with Gasteiger partial charge in [0.2, 0.25) is 0 Å². The van der Waals surface area contributed by atoms with E-state index >= 15 is 0 Å². The van der Waals surface area contributed by atoms with E-state index in [0.29, 0.717) is 36.7 Å². The molecule has 0 unspecified atom stereocenters. The Labute approximate surface area is 188 Å². The summed E-state index contributed by atoms with van der Waals surface area (Å²) >= 11 is 3.52. The third-order valence-corrected chi connectivity index (χ3v) is 7.40. The summed E-state index contributed by atoms with van der Waals surface area (Å²) in [5.41, 5.74) is 0.682. The zero-order chi connectivity index (χ0) is 22.3. The lowest BCUT2D eigenvalue weighted by molar-refractivity contribution is -0.202. The first kappa shape index (κ1) is 22.5. The number of halogens is 1. The van der Waals surface area contributed by atoms with E-state index < -0.39 is 39.7 Å². The topological polar surface area (TPSA) is 123 Å². The number of aliphatic hydroxyl groups is 3. The highest BCUT2D eigenvalue weighted by Crippen LogP contribution is 2.37. The van der Waals surface area contributed by atoms with Crippen LogP contribution in [0.1, 0.15) is 22.8 Å². The number of fused-ring (bicyclic) bond motifs is 1. The van der Waals surface area contributed by atoms with Gasteiger partial charge in [-0.05, 0) is 41.3 Å². The fourth-order valence-electron chi connectivity index (χ4n) is 3.80. The minimum atomic E-state index is -3.83. The summed E-state index contributed by atoms with van der Waals surface area (Å²) in [6, 6.07) is 10.9. The quantitative estimate of drug-likeness (QED) is 0.558. The molecule has 0 saturated carbocycles. The minimum absolute atomic E-state index is 0.488. The zero-order valence-corrected chi connectivity index (χ0v) is 19.0. The predicted molar refractivity (Wildman–Crippen MR) is 115 cm³/mol. The molecule has 5 atom stereocenters. The fraction of sp³-hybridized carbons (Fsp3) is 0.429. The third kappa shape index (κ3) is 4.59. The average molecular weight is 515 g/mol. The number of sulfone groups is 1. The number of ether oxygens (including phenoxy) is 3. The van der Waals surface area contributed by atoms with Gasteiger partial charge in [0.05, 0.1) is 0 Å². The highest BCUT2D eigenvalue weighted by molar-refractivity contribution is 9.10. The molecular formula is C21H23BrO8S. The summed E-state index contributed by atoms with van der Waals surface area (Å²) < 4.78 is 41.5. The Hall–Kier alpha value is -1.69. The second-order valence-electron chi connectivity index (χ2n) is 7.73.